The lowest BCUT2D eigenvalue weighted by atomic mass is 9.84. The van der Waals surface area contributed by atoms with Gasteiger partial charge in [0.15, 0.2) is 5.78 Å². The zero-order chi connectivity index (χ0) is 15.3. The van der Waals surface area contributed by atoms with E-state index >= 15 is 0 Å². The molecule has 0 N–H and O–H groups in total. The Hall–Kier alpha value is -2.20. The van der Waals surface area contributed by atoms with Crippen LogP contribution in [-0.2, 0) is 6.42 Å². The predicted molar refractivity (Wildman–Crippen MR) is 88.7 cm³/mol. The van der Waals surface area contributed by atoms with Crippen molar-refractivity contribution in [1.82, 2.24) is 4.98 Å². The fourth-order valence-corrected chi connectivity index (χ4v) is 3.52. The molecule has 4 rings (SSSR count). The summed E-state index contributed by atoms with van der Waals surface area (Å²) < 4.78 is 6.06. The standard InChI is InChI=1S/C18H12BrNO2/c1-22-18-14(19)9-12-7-6-11-8-10-4-2-3-5-13(10)17(21)15(11)16(12)20-18/h2-7,9H,8H2,1H3. The Morgan fingerprint density at radius 1 is 1.14 bits per heavy atom. The second kappa shape index (κ2) is 4.92. The summed E-state index contributed by atoms with van der Waals surface area (Å²) in [5.74, 6) is 0.534. The molecule has 0 radical (unpaired) electrons. The molecular weight excluding hydrogens is 342 g/mol. The Bertz CT molecular complexity index is 934. The molecular formula is C18H12BrNO2. The first-order chi connectivity index (χ1) is 10.7. The van der Waals surface area contributed by atoms with Crippen molar-refractivity contribution in [2.75, 3.05) is 7.11 Å². The van der Waals surface area contributed by atoms with Crippen LogP contribution >= 0.6 is 15.9 Å². The lowest BCUT2D eigenvalue weighted by molar-refractivity contribution is 0.103. The number of aromatic nitrogens is 1. The number of halogens is 1. The number of nitrogens with zero attached hydrogens (tertiary/aromatic N) is 1. The van der Waals surface area contributed by atoms with Crippen LogP contribution in [0.1, 0.15) is 27.0 Å². The number of hydrogen-bond donors (Lipinski definition) is 0. The molecule has 1 aliphatic rings. The molecule has 0 spiro atoms. The summed E-state index contributed by atoms with van der Waals surface area (Å²) in [4.78, 5) is 17.5. The summed E-state index contributed by atoms with van der Waals surface area (Å²) in [5, 5.41) is 0.930. The SMILES string of the molecule is COc1nc2c3c(ccc2cc1Br)Cc1ccccc1C3=O. The first-order valence-corrected chi connectivity index (χ1v) is 7.77. The molecule has 0 amide bonds. The van der Waals surface area contributed by atoms with Crippen LogP contribution in [0, 0.1) is 0 Å². The fraction of sp³-hybridized carbons (Fsp3) is 0.111. The number of ketones is 1. The maximum absolute atomic E-state index is 12.9. The van der Waals surface area contributed by atoms with Crippen LogP contribution in [0.25, 0.3) is 10.9 Å². The molecule has 0 bridgehead atoms. The highest BCUT2D eigenvalue weighted by Gasteiger charge is 2.26. The van der Waals surface area contributed by atoms with Crippen LogP contribution in [0.4, 0.5) is 0 Å². The van der Waals surface area contributed by atoms with E-state index in [-0.39, 0.29) is 5.78 Å². The van der Waals surface area contributed by atoms with E-state index in [1.54, 1.807) is 7.11 Å². The van der Waals surface area contributed by atoms with E-state index in [9.17, 15) is 4.79 Å². The van der Waals surface area contributed by atoms with Crippen LogP contribution in [0.2, 0.25) is 0 Å². The molecule has 2 aromatic carbocycles. The Balaban J connectivity index is 2.04. The van der Waals surface area contributed by atoms with Gasteiger partial charge in [-0.3, -0.25) is 4.79 Å². The van der Waals surface area contributed by atoms with Crippen LogP contribution < -0.4 is 4.74 Å². The number of ether oxygens (including phenoxy) is 1. The molecule has 4 heteroatoms. The molecule has 0 saturated heterocycles. The van der Waals surface area contributed by atoms with Crippen LogP contribution in [0.3, 0.4) is 0 Å². The van der Waals surface area contributed by atoms with Crippen molar-refractivity contribution < 1.29 is 9.53 Å². The first-order valence-electron chi connectivity index (χ1n) is 6.98. The summed E-state index contributed by atoms with van der Waals surface area (Å²) in [7, 11) is 1.57. The zero-order valence-corrected chi connectivity index (χ0v) is 13.5. The van der Waals surface area contributed by atoms with Crippen molar-refractivity contribution in [3.63, 3.8) is 0 Å². The first kappa shape index (κ1) is 13.5. The van der Waals surface area contributed by atoms with Crippen molar-refractivity contribution in [3.8, 4) is 5.88 Å². The normalized spacial score (nSPS) is 12.9. The number of fused-ring (bicyclic) bond motifs is 4. The van der Waals surface area contributed by atoms with E-state index < -0.39 is 0 Å². The number of carbonyl (C=O) groups is 1. The molecule has 3 nitrogen and oxygen atoms in total. The van der Waals surface area contributed by atoms with Crippen molar-refractivity contribution >= 4 is 32.6 Å². The topological polar surface area (TPSA) is 39.2 Å². The summed E-state index contributed by atoms with van der Waals surface area (Å²) in [6.45, 7) is 0. The van der Waals surface area contributed by atoms with Gasteiger partial charge < -0.3 is 4.74 Å². The smallest absolute Gasteiger partial charge is 0.228 e. The van der Waals surface area contributed by atoms with Crippen molar-refractivity contribution in [3.05, 3.63) is 69.2 Å². The molecule has 0 atom stereocenters. The van der Waals surface area contributed by atoms with Gasteiger partial charge in [0.1, 0.15) is 0 Å². The number of methoxy groups -OCH3 is 1. The number of rotatable bonds is 1. The quantitative estimate of drug-likeness (QED) is 0.516. The Morgan fingerprint density at radius 2 is 1.95 bits per heavy atom. The molecule has 1 aliphatic carbocycles. The van der Waals surface area contributed by atoms with Crippen LogP contribution in [-0.4, -0.2) is 17.9 Å². The summed E-state index contributed by atoms with van der Waals surface area (Å²) >= 11 is 3.44. The van der Waals surface area contributed by atoms with Crippen LogP contribution in [0.15, 0.2) is 46.9 Å². The second-order valence-electron chi connectivity index (χ2n) is 5.31. The third-order valence-electron chi connectivity index (χ3n) is 4.06. The van der Waals surface area contributed by atoms with Gasteiger partial charge in [0.2, 0.25) is 5.88 Å². The monoisotopic (exact) mass is 353 g/mol. The molecule has 108 valence electrons. The number of hydrogen-bond acceptors (Lipinski definition) is 3. The molecule has 1 aromatic heterocycles. The van der Waals surface area contributed by atoms with E-state index in [2.05, 4.69) is 20.9 Å². The van der Waals surface area contributed by atoms with Crippen LogP contribution in [0.5, 0.6) is 5.88 Å². The highest BCUT2D eigenvalue weighted by Crippen LogP contribution is 2.34. The zero-order valence-electron chi connectivity index (χ0n) is 11.9. The van der Waals surface area contributed by atoms with Gasteiger partial charge >= 0.3 is 0 Å². The number of carbonyl (C=O) groups excluding carboxylic acids is 1. The Morgan fingerprint density at radius 3 is 2.77 bits per heavy atom. The average Bonchev–Trinajstić information content (AvgIpc) is 2.54. The predicted octanol–water partition coefficient (Wildman–Crippen LogP) is 4.14. The van der Waals surface area contributed by atoms with E-state index in [1.807, 2.05) is 42.5 Å². The Kier molecular flexibility index (Phi) is 3.01. The van der Waals surface area contributed by atoms with E-state index in [1.165, 1.54) is 0 Å². The molecule has 0 unspecified atom stereocenters. The third-order valence-corrected chi connectivity index (χ3v) is 4.63. The largest absolute Gasteiger partial charge is 0.480 e. The van der Waals surface area contributed by atoms with Gasteiger partial charge in [-0.25, -0.2) is 4.98 Å². The minimum Gasteiger partial charge on any atom is -0.480 e. The lowest BCUT2D eigenvalue weighted by Crippen LogP contribution is -2.16. The summed E-state index contributed by atoms with van der Waals surface area (Å²) in [6, 6.07) is 13.7. The minimum absolute atomic E-state index is 0.0410. The van der Waals surface area contributed by atoms with Crippen molar-refractivity contribution in [2.45, 2.75) is 6.42 Å². The molecule has 0 saturated carbocycles. The number of benzene rings is 2. The highest BCUT2D eigenvalue weighted by atomic mass is 79.9. The Labute approximate surface area is 136 Å². The summed E-state index contributed by atoms with van der Waals surface area (Å²) in [6.07, 6.45) is 0.757. The second-order valence-corrected chi connectivity index (χ2v) is 6.17. The fourth-order valence-electron chi connectivity index (χ4n) is 3.02. The number of pyridine rings is 1. The van der Waals surface area contributed by atoms with Gasteiger partial charge in [0, 0.05) is 10.9 Å². The molecule has 1 heterocycles. The van der Waals surface area contributed by atoms with Gasteiger partial charge in [0.05, 0.1) is 22.7 Å². The lowest BCUT2D eigenvalue weighted by Gasteiger charge is -2.20. The third kappa shape index (κ3) is 1.87. The maximum Gasteiger partial charge on any atom is 0.228 e. The van der Waals surface area contributed by atoms with E-state index in [0.717, 1.165) is 33.0 Å². The molecule has 0 aliphatic heterocycles. The van der Waals surface area contributed by atoms with E-state index in [4.69, 9.17) is 4.74 Å². The van der Waals surface area contributed by atoms with Gasteiger partial charge in [-0.2, -0.15) is 0 Å². The van der Waals surface area contributed by atoms with Gasteiger partial charge in [-0.1, -0.05) is 36.4 Å². The summed E-state index contributed by atoms with van der Waals surface area (Å²) in [5.41, 5.74) is 4.27. The van der Waals surface area contributed by atoms with Crippen molar-refractivity contribution in [1.29, 1.82) is 0 Å². The maximum atomic E-state index is 12.9. The van der Waals surface area contributed by atoms with Gasteiger partial charge in [-0.15, -0.1) is 0 Å². The molecule has 22 heavy (non-hydrogen) atoms. The average molecular weight is 354 g/mol. The molecule has 3 aromatic rings. The molecule has 0 fully saturated rings. The van der Waals surface area contributed by atoms with Gasteiger partial charge in [-0.05, 0) is 39.5 Å². The van der Waals surface area contributed by atoms with Crippen molar-refractivity contribution in [2.24, 2.45) is 0 Å². The highest BCUT2D eigenvalue weighted by molar-refractivity contribution is 9.10. The minimum atomic E-state index is 0.0410. The van der Waals surface area contributed by atoms with Gasteiger partial charge in [0.25, 0.3) is 0 Å². The van der Waals surface area contributed by atoms with E-state index in [0.29, 0.717) is 17.0 Å².